The minimum absolute atomic E-state index is 0.113. The van der Waals surface area contributed by atoms with Gasteiger partial charge in [0.1, 0.15) is 5.75 Å². The lowest BCUT2D eigenvalue weighted by atomic mass is 10.2. The molecular formula is C14H17N3O2S. The van der Waals surface area contributed by atoms with Crippen molar-refractivity contribution in [1.29, 1.82) is 0 Å². The number of carbonyl (C=O) groups excluding carboxylic acids is 1. The highest BCUT2D eigenvalue weighted by Crippen LogP contribution is 2.17. The van der Waals surface area contributed by atoms with Crippen LogP contribution in [0, 0.1) is 0 Å². The number of nitrogens with one attached hydrogen (secondary N) is 1. The van der Waals surface area contributed by atoms with Crippen molar-refractivity contribution in [3.05, 3.63) is 35.3 Å². The molecule has 1 heterocycles. The number of nitrogens with zero attached hydrogens (tertiary/aromatic N) is 1. The Morgan fingerprint density at radius 1 is 1.40 bits per heavy atom. The first-order chi connectivity index (χ1) is 9.67. The highest BCUT2D eigenvalue weighted by Gasteiger charge is 2.07. The number of benzene rings is 1. The summed E-state index contributed by atoms with van der Waals surface area (Å²) in [6, 6.07) is 7.31. The fraction of sp³-hybridized carbons (Fsp3) is 0.286. The molecule has 0 atom stereocenters. The van der Waals surface area contributed by atoms with Crippen LogP contribution in [0.25, 0.3) is 0 Å². The van der Waals surface area contributed by atoms with Crippen LogP contribution in [0.15, 0.2) is 29.6 Å². The zero-order valence-electron chi connectivity index (χ0n) is 11.3. The fourth-order valence-electron chi connectivity index (χ4n) is 1.63. The second kappa shape index (κ2) is 6.91. The summed E-state index contributed by atoms with van der Waals surface area (Å²) in [5.74, 6) is 0.689. The molecule has 0 unspecified atom stereocenters. The Morgan fingerprint density at radius 2 is 2.15 bits per heavy atom. The summed E-state index contributed by atoms with van der Waals surface area (Å²) in [5.41, 5.74) is 6.95. The van der Waals surface area contributed by atoms with E-state index in [2.05, 4.69) is 17.2 Å². The van der Waals surface area contributed by atoms with Gasteiger partial charge in [0.25, 0.3) is 0 Å². The summed E-state index contributed by atoms with van der Waals surface area (Å²) in [6.45, 7) is 2.75. The molecule has 1 amide bonds. The minimum atomic E-state index is -0.113. The molecule has 0 bridgehead atoms. The predicted molar refractivity (Wildman–Crippen MR) is 81.1 cm³/mol. The van der Waals surface area contributed by atoms with Crippen LogP contribution in [0.2, 0.25) is 0 Å². The number of aromatic nitrogens is 1. The molecule has 20 heavy (non-hydrogen) atoms. The monoisotopic (exact) mass is 291 g/mol. The van der Waals surface area contributed by atoms with Gasteiger partial charge in [-0.05, 0) is 30.7 Å². The molecule has 1 aromatic carbocycles. The van der Waals surface area contributed by atoms with Gasteiger partial charge in [-0.3, -0.25) is 4.79 Å². The second-order valence-electron chi connectivity index (χ2n) is 4.27. The van der Waals surface area contributed by atoms with Crippen LogP contribution in [0.3, 0.4) is 0 Å². The van der Waals surface area contributed by atoms with E-state index < -0.39 is 0 Å². The summed E-state index contributed by atoms with van der Waals surface area (Å²) in [7, 11) is 0. The Hall–Kier alpha value is -2.08. The molecule has 2 rings (SSSR count). The number of ether oxygens (including phenoxy) is 1. The molecule has 5 nitrogen and oxygen atoms in total. The SMILES string of the molecule is CCCOc1ccc(NC(=O)Cc2csc(N)n2)cc1. The molecule has 1 aromatic heterocycles. The number of thiazole rings is 1. The van der Waals surface area contributed by atoms with E-state index in [0.29, 0.717) is 17.4 Å². The van der Waals surface area contributed by atoms with Gasteiger partial charge in [0, 0.05) is 11.1 Å². The lowest BCUT2D eigenvalue weighted by Gasteiger charge is -2.07. The highest BCUT2D eigenvalue weighted by molar-refractivity contribution is 7.13. The molecule has 0 saturated heterocycles. The molecule has 0 aliphatic rings. The maximum Gasteiger partial charge on any atom is 0.230 e. The molecule has 106 valence electrons. The molecule has 2 aromatic rings. The first-order valence-electron chi connectivity index (χ1n) is 6.40. The number of hydrogen-bond acceptors (Lipinski definition) is 5. The highest BCUT2D eigenvalue weighted by atomic mass is 32.1. The van der Waals surface area contributed by atoms with Gasteiger partial charge >= 0.3 is 0 Å². The van der Waals surface area contributed by atoms with Crippen LogP contribution in [0.5, 0.6) is 5.75 Å². The zero-order valence-corrected chi connectivity index (χ0v) is 12.1. The molecule has 3 N–H and O–H groups in total. The van der Waals surface area contributed by atoms with Crippen LogP contribution in [-0.2, 0) is 11.2 Å². The summed E-state index contributed by atoms with van der Waals surface area (Å²) in [4.78, 5) is 15.9. The number of nitrogens with two attached hydrogens (primary N) is 1. The standard InChI is InChI=1S/C14H17N3O2S/c1-2-7-19-12-5-3-10(4-6-12)16-13(18)8-11-9-20-14(15)17-11/h3-6,9H,2,7-8H2,1H3,(H2,15,17)(H,16,18). The van der Waals surface area contributed by atoms with E-state index in [9.17, 15) is 4.79 Å². The van der Waals surface area contributed by atoms with E-state index in [0.717, 1.165) is 17.9 Å². The van der Waals surface area contributed by atoms with E-state index in [1.54, 1.807) is 5.38 Å². The first kappa shape index (κ1) is 14.3. The number of nitrogen functional groups attached to an aromatic ring is 1. The van der Waals surface area contributed by atoms with Crippen molar-refractivity contribution in [1.82, 2.24) is 4.98 Å². The van der Waals surface area contributed by atoms with Crippen molar-refractivity contribution in [3.63, 3.8) is 0 Å². The number of anilines is 2. The minimum Gasteiger partial charge on any atom is -0.494 e. The third kappa shape index (κ3) is 4.24. The number of rotatable bonds is 6. The Balaban J connectivity index is 1.87. The Morgan fingerprint density at radius 3 is 2.75 bits per heavy atom. The summed E-state index contributed by atoms with van der Waals surface area (Å²) in [6.07, 6.45) is 1.19. The lowest BCUT2D eigenvalue weighted by Crippen LogP contribution is -2.14. The Kier molecular flexibility index (Phi) is 4.95. The normalized spacial score (nSPS) is 10.2. The topological polar surface area (TPSA) is 77.2 Å². The summed E-state index contributed by atoms with van der Waals surface area (Å²) in [5, 5.41) is 5.08. The maximum absolute atomic E-state index is 11.8. The molecule has 0 aliphatic carbocycles. The van der Waals surface area contributed by atoms with Crippen LogP contribution < -0.4 is 15.8 Å². The quantitative estimate of drug-likeness (QED) is 0.858. The smallest absolute Gasteiger partial charge is 0.230 e. The van der Waals surface area contributed by atoms with E-state index in [-0.39, 0.29) is 12.3 Å². The van der Waals surface area contributed by atoms with E-state index in [1.807, 2.05) is 24.3 Å². The van der Waals surface area contributed by atoms with Crippen molar-refractivity contribution in [2.45, 2.75) is 19.8 Å². The molecular weight excluding hydrogens is 274 g/mol. The van der Waals surface area contributed by atoms with E-state index >= 15 is 0 Å². The summed E-state index contributed by atoms with van der Waals surface area (Å²) < 4.78 is 5.48. The van der Waals surface area contributed by atoms with Gasteiger partial charge in [-0.2, -0.15) is 0 Å². The van der Waals surface area contributed by atoms with Crippen molar-refractivity contribution < 1.29 is 9.53 Å². The molecule has 0 spiro atoms. The summed E-state index contributed by atoms with van der Waals surface area (Å²) >= 11 is 1.33. The van der Waals surface area contributed by atoms with Crippen molar-refractivity contribution in [2.24, 2.45) is 0 Å². The number of amides is 1. The van der Waals surface area contributed by atoms with Gasteiger partial charge in [0.2, 0.25) is 5.91 Å². The molecule has 6 heteroatoms. The van der Waals surface area contributed by atoms with Gasteiger partial charge in [0.05, 0.1) is 18.7 Å². The largest absolute Gasteiger partial charge is 0.494 e. The second-order valence-corrected chi connectivity index (χ2v) is 5.16. The number of carbonyl (C=O) groups is 1. The molecule has 0 radical (unpaired) electrons. The average molecular weight is 291 g/mol. The average Bonchev–Trinajstić information content (AvgIpc) is 2.83. The van der Waals surface area contributed by atoms with Gasteiger partial charge in [-0.25, -0.2) is 4.98 Å². The van der Waals surface area contributed by atoms with Crippen molar-refractivity contribution in [2.75, 3.05) is 17.7 Å². The zero-order chi connectivity index (χ0) is 14.4. The predicted octanol–water partition coefficient (Wildman–Crippen LogP) is 2.70. The molecule has 0 fully saturated rings. The van der Waals surface area contributed by atoms with Crippen LogP contribution in [-0.4, -0.2) is 17.5 Å². The third-order valence-corrected chi connectivity index (χ3v) is 3.24. The van der Waals surface area contributed by atoms with Gasteiger partial charge < -0.3 is 15.8 Å². The van der Waals surface area contributed by atoms with Crippen molar-refractivity contribution >= 4 is 28.1 Å². The van der Waals surface area contributed by atoms with Crippen LogP contribution in [0.4, 0.5) is 10.8 Å². The maximum atomic E-state index is 11.8. The van der Waals surface area contributed by atoms with Crippen LogP contribution in [0.1, 0.15) is 19.0 Å². The molecule has 0 saturated carbocycles. The van der Waals surface area contributed by atoms with Crippen LogP contribution >= 0.6 is 11.3 Å². The number of hydrogen-bond donors (Lipinski definition) is 2. The Bertz CT molecular complexity index is 566. The van der Waals surface area contributed by atoms with Gasteiger partial charge in [-0.1, -0.05) is 6.92 Å². The Labute approximate surface area is 121 Å². The van der Waals surface area contributed by atoms with Crippen molar-refractivity contribution in [3.8, 4) is 5.75 Å². The van der Waals surface area contributed by atoms with E-state index in [1.165, 1.54) is 11.3 Å². The first-order valence-corrected chi connectivity index (χ1v) is 7.28. The van der Waals surface area contributed by atoms with Gasteiger partial charge in [0.15, 0.2) is 5.13 Å². The lowest BCUT2D eigenvalue weighted by molar-refractivity contribution is -0.115. The fourth-order valence-corrected chi connectivity index (χ4v) is 2.19. The molecule has 0 aliphatic heterocycles. The third-order valence-electron chi connectivity index (χ3n) is 2.52. The van der Waals surface area contributed by atoms with E-state index in [4.69, 9.17) is 10.5 Å². The van der Waals surface area contributed by atoms with Gasteiger partial charge in [-0.15, -0.1) is 11.3 Å².